The van der Waals surface area contributed by atoms with Gasteiger partial charge in [0.2, 0.25) is 47.3 Å². The minimum Gasteiger partial charge on any atom is -0.469 e. The lowest BCUT2D eigenvalue weighted by atomic mass is 10.1. The molecule has 5 rings (SSSR count). The molecule has 0 spiro atoms. The van der Waals surface area contributed by atoms with Crippen LogP contribution in [0.2, 0.25) is 0 Å². The number of thiol groups is 3. The first-order valence-electron chi connectivity index (χ1n) is 42.1. The van der Waals surface area contributed by atoms with Crippen molar-refractivity contribution in [2.24, 2.45) is 23.7 Å². The van der Waals surface area contributed by atoms with Gasteiger partial charge in [0.05, 0.1) is 102 Å². The van der Waals surface area contributed by atoms with E-state index in [1.807, 2.05) is 25.9 Å². The number of hydrogen-bond acceptors (Lipinski definition) is 33. The number of nitrogens with one attached hydrogen (secondary N) is 4. The summed E-state index contributed by atoms with van der Waals surface area (Å²) in [5, 5.41) is 61.1. The number of ether oxygens (including phenoxy) is 4. The van der Waals surface area contributed by atoms with Crippen molar-refractivity contribution in [2.75, 3.05) is 234 Å². The van der Waals surface area contributed by atoms with Crippen LogP contribution in [0.15, 0.2) is 90.3 Å². The van der Waals surface area contributed by atoms with Crippen LogP contribution in [0.25, 0.3) is 0 Å². The average Bonchev–Trinajstić information content (AvgIpc) is 1.50. The summed E-state index contributed by atoms with van der Waals surface area (Å²) in [4.78, 5) is 200. The number of methoxy groups -OCH3 is 4. The van der Waals surface area contributed by atoms with Crippen LogP contribution in [0.5, 0.6) is 0 Å². The summed E-state index contributed by atoms with van der Waals surface area (Å²) in [6, 6.07) is 0. The maximum absolute atomic E-state index is 13.4. The number of rotatable bonds is 60. The molecule has 44 heteroatoms. The summed E-state index contributed by atoms with van der Waals surface area (Å²) in [6.07, 6.45) is 8.45. The second kappa shape index (κ2) is 65.1. The van der Waals surface area contributed by atoms with E-state index < -0.39 is 115 Å². The Morgan fingerprint density at radius 2 is 0.622 bits per heavy atom. The second-order valence-corrected chi connectivity index (χ2v) is 32.5. The van der Waals surface area contributed by atoms with Crippen molar-refractivity contribution in [3.63, 3.8) is 0 Å². The maximum atomic E-state index is 13.4. The summed E-state index contributed by atoms with van der Waals surface area (Å²) < 4.78 is 21.1. The monoisotopic (exact) mass is 1870 g/mol. The Hall–Kier alpha value is -8.51. The van der Waals surface area contributed by atoms with Gasteiger partial charge in [-0.15, -0.1) is 39.5 Å². The first kappa shape index (κ1) is 115. The Morgan fingerprint density at radius 1 is 0.394 bits per heavy atom. The minimum absolute atomic E-state index is 0.102. The van der Waals surface area contributed by atoms with Gasteiger partial charge in [-0.1, -0.05) is 36.5 Å². The van der Waals surface area contributed by atoms with Crippen LogP contribution in [0.3, 0.4) is 0 Å². The van der Waals surface area contributed by atoms with Crippen molar-refractivity contribution in [1.82, 2.24) is 79.1 Å². The van der Waals surface area contributed by atoms with E-state index >= 15 is 0 Å². The molecule has 40 nitrogen and oxygen atoms in total. The zero-order valence-electron chi connectivity index (χ0n) is 74.2. The third kappa shape index (κ3) is 44.1. The molecule has 4 aliphatic heterocycles. The maximum Gasteiger partial charge on any atom is 0.336 e. The quantitative estimate of drug-likeness (QED) is 0.0127. The molecule has 8 amide bonds. The van der Waals surface area contributed by atoms with Crippen LogP contribution in [0, 0.1) is 23.7 Å². The molecule has 1 aromatic heterocycles. The van der Waals surface area contributed by atoms with Gasteiger partial charge in [-0.05, 0) is 6.26 Å². The molecule has 4 fully saturated rings. The Kier molecular flexibility index (Phi) is 58.7. The second-order valence-electron chi connectivity index (χ2n) is 30.4. The van der Waals surface area contributed by atoms with Crippen LogP contribution < -0.4 is 38.3 Å². The van der Waals surface area contributed by atoms with Gasteiger partial charge in [-0.25, -0.2) is 28.1 Å². The van der Waals surface area contributed by atoms with Gasteiger partial charge in [0.1, 0.15) is 0 Å². The Morgan fingerprint density at radius 3 is 0.819 bits per heavy atom. The van der Waals surface area contributed by atoms with Gasteiger partial charge in [-0.3, -0.25) is 72.2 Å². The fraction of sp³-hybridized carbons (Fsp3) is 0.675. The lowest BCUT2D eigenvalue weighted by Gasteiger charge is -2.25. The van der Waals surface area contributed by atoms with Gasteiger partial charge >= 0.3 is 40.9 Å². The highest BCUT2D eigenvalue weighted by molar-refractivity contribution is 7.98. The van der Waals surface area contributed by atoms with E-state index in [2.05, 4.69) is 113 Å². The largest absolute Gasteiger partial charge is 0.469 e. The first-order chi connectivity index (χ1) is 60.6. The number of carbonyl (C=O) groups is 12. The zero-order valence-corrected chi connectivity index (χ0v) is 77.7. The number of likely N-dealkylation sites (tertiary alicyclic amines) is 4. The Bertz CT molecular complexity index is 3530. The molecule has 127 heavy (non-hydrogen) atoms. The zero-order chi connectivity index (χ0) is 95.1. The van der Waals surface area contributed by atoms with Gasteiger partial charge in [0.25, 0.3) is 0 Å². The fourth-order valence-electron chi connectivity index (χ4n) is 13.9. The number of nitrogens with zero attached hydrogens (tertiary/aromatic N) is 12. The number of esters is 4. The van der Waals surface area contributed by atoms with Crippen molar-refractivity contribution in [3.05, 3.63) is 107 Å². The molecule has 0 aliphatic carbocycles. The topological polar surface area (TPSA) is 486 Å². The fourth-order valence-corrected chi connectivity index (χ4v) is 15.1. The van der Waals surface area contributed by atoms with Crippen LogP contribution in [-0.4, -0.2) is 419 Å². The number of aliphatic hydroxyl groups excluding tert-OH is 5. The number of hydrogen-bond donors (Lipinski definition) is 12. The Labute approximate surface area is 764 Å². The van der Waals surface area contributed by atoms with Crippen molar-refractivity contribution in [3.8, 4) is 0 Å². The van der Waals surface area contributed by atoms with Gasteiger partial charge in [0.15, 0.2) is 0 Å². The highest BCUT2D eigenvalue weighted by atomic mass is 32.2. The molecule has 5 heterocycles. The van der Waals surface area contributed by atoms with Crippen LogP contribution in [-0.2, 0) is 96.1 Å². The summed E-state index contributed by atoms with van der Waals surface area (Å²) in [5.41, 5.74) is -2.90. The average molecular weight is 1870 g/mol. The number of thioether (sulfide) groups is 1. The molecule has 9 unspecified atom stereocenters. The third-order valence-corrected chi connectivity index (χ3v) is 22.1. The van der Waals surface area contributed by atoms with E-state index in [-0.39, 0.29) is 143 Å². The SMILES string of the molecule is C=CCN(CC=C)CC(O)Cn1c(=O)n(CC(O)CN(CC=C)CC=C)c(=O)n(CC(O)CN(CC=C)CC=C)c1=O.COC(=O)C1CC(=O)N(CCNC(=O)CCN(CCS)CCC(=O)NCCN2CC(C(=O)OC)CC2=O)C1.COC(=O)C1CC(=O)N(CCNC(=O)CCN(CCSC)CCC(=O)NCCN2CC(C(=O)OC)CC2=O)C1.OC(CS)C(O)CS. The van der Waals surface area contributed by atoms with Crippen LogP contribution >= 0.6 is 49.6 Å². The highest BCUT2D eigenvalue weighted by Crippen LogP contribution is 2.22. The molecular formula is C83H138N16O24S4. The van der Waals surface area contributed by atoms with E-state index in [9.17, 15) is 87.2 Å². The molecule has 0 bridgehead atoms. The van der Waals surface area contributed by atoms with Crippen molar-refractivity contribution >= 4 is 121 Å². The molecule has 718 valence electrons. The highest BCUT2D eigenvalue weighted by Gasteiger charge is 2.39. The van der Waals surface area contributed by atoms with E-state index in [1.54, 1.807) is 67.8 Å². The van der Waals surface area contributed by atoms with Crippen LogP contribution in [0.1, 0.15) is 51.4 Å². The smallest absolute Gasteiger partial charge is 0.336 e. The predicted octanol–water partition coefficient (Wildman–Crippen LogP) is -4.18. The van der Waals surface area contributed by atoms with E-state index in [4.69, 9.17) is 19.7 Å². The van der Waals surface area contributed by atoms with Crippen molar-refractivity contribution < 1.29 is 102 Å². The molecule has 0 aromatic carbocycles. The normalized spacial score (nSPS) is 17.2. The summed E-state index contributed by atoms with van der Waals surface area (Å²) in [6.45, 7) is 30.8. The molecule has 4 aliphatic rings. The van der Waals surface area contributed by atoms with E-state index in [0.717, 1.165) is 26.0 Å². The summed E-state index contributed by atoms with van der Waals surface area (Å²) >= 11 is 13.5. The van der Waals surface area contributed by atoms with Gasteiger partial charge < -0.3 is 95.1 Å². The standard InChI is InChI=1S/C30H48N6O6.C25H41N5O8S.C24H39N5O8S.C4H10O2S2/c1-7-13-31(14-8-2)19-25(37)22-34-28(40)35(23-26(38)20-32(15-9-3)16-10-4)30(42)36(29(34)41)24-27(39)21-33(17-11-5)18-12-6;1-37-24(35)18-14-22(33)29(16-18)10-6-26-20(31)4-8-28(12-13-39-3)9-5-21(32)27-7-11-30-17-19(15-23(30)34)25(36)38-2;1-36-23(34)17-13-21(32)28(15-17)9-5-25-19(30)3-7-27(11-12-38)8-4-20(31)26-6-10-29-16-18(14-22(29)33)24(35)37-2;5-3(1-7)4(6)2-8/h7-12,25-27,37-39H,1-6,13-24H2;18-19H,4-17H2,1-3H3,(H,26,31)(H,27,32);17-18,38H,3-16H2,1-2H3,(H,25,30)(H,26,31);3-8H,1-2H2. The number of amides is 8. The van der Waals surface area contributed by atoms with Gasteiger partial charge in [0, 0.05) is 251 Å². The first-order valence-corrected chi connectivity index (χ1v) is 45.4. The number of carbonyl (C=O) groups excluding carboxylic acids is 12. The van der Waals surface area contributed by atoms with Gasteiger partial charge in [-0.2, -0.15) is 49.6 Å². The molecular weight excluding hydrogens is 1730 g/mol. The molecule has 9 N–H and O–H groups in total. The van der Waals surface area contributed by atoms with E-state index in [1.165, 1.54) is 28.4 Å². The summed E-state index contributed by atoms with van der Waals surface area (Å²) in [7, 11) is 5.18. The summed E-state index contributed by atoms with van der Waals surface area (Å²) in [5.74, 6) is -2.61. The molecule has 1 aromatic rings. The molecule has 0 radical (unpaired) electrons. The minimum atomic E-state index is -1.16. The molecule has 9 atom stereocenters. The third-order valence-electron chi connectivity index (χ3n) is 20.6. The molecule has 0 saturated carbocycles. The van der Waals surface area contributed by atoms with Crippen LogP contribution in [0.4, 0.5) is 0 Å². The van der Waals surface area contributed by atoms with Crippen molar-refractivity contribution in [1.29, 1.82) is 0 Å². The predicted molar refractivity (Wildman–Crippen MR) is 490 cm³/mol. The Balaban J connectivity index is 0.000000617. The lowest BCUT2D eigenvalue weighted by molar-refractivity contribution is -0.145. The van der Waals surface area contributed by atoms with Crippen molar-refractivity contribution in [2.45, 2.75) is 102 Å². The lowest BCUT2D eigenvalue weighted by Crippen LogP contribution is -2.58. The molecule has 4 saturated heterocycles. The van der Waals surface area contributed by atoms with E-state index in [0.29, 0.717) is 143 Å². The number of aromatic nitrogens is 3. The number of aliphatic hydroxyl groups is 5.